The maximum absolute atomic E-state index is 15.0. The van der Waals surface area contributed by atoms with Crippen LogP contribution in [0.2, 0.25) is 0 Å². The Labute approximate surface area is 268 Å². The van der Waals surface area contributed by atoms with Gasteiger partial charge in [0.1, 0.15) is 29.7 Å². The molecular formula is C35H41N5O6. The highest BCUT2D eigenvalue weighted by Crippen LogP contribution is 2.66. The predicted octanol–water partition coefficient (Wildman–Crippen LogP) is 3.66. The summed E-state index contributed by atoms with van der Waals surface area (Å²) in [5.74, 6) is -3.35. The van der Waals surface area contributed by atoms with Crippen molar-refractivity contribution in [2.45, 2.75) is 63.1 Å². The van der Waals surface area contributed by atoms with Crippen molar-refractivity contribution in [1.82, 2.24) is 24.8 Å². The van der Waals surface area contributed by atoms with Gasteiger partial charge in [-0.25, -0.2) is 4.68 Å². The van der Waals surface area contributed by atoms with E-state index in [2.05, 4.69) is 23.5 Å². The van der Waals surface area contributed by atoms with Gasteiger partial charge in [0.05, 0.1) is 36.3 Å². The van der Waals surface area contributed by atoms with Crippen LogP contribution in [-0.4, -0.2) is 84.7 Å². The van der Waals surface area contributed by atoms with Crippen molar-refractivity contribution < 1.29 is 29.0 Å². The number of aliphatic hydroxyl groups is 1. The summed E-state index contributed by atoms with van der Waals surface area (Å²) >= 11 is 0. The molecule has 3 unspecified atom stereocenters. The number of benzene rings is 2. The number of para-hydroxylation sites is 1. The predicted molar refractivity (Wildman–Crippen MR) is 170 cm³/mol. The largest absolute Gasteiger partial charge is 0.465 e. The topological polar surface area (TPSA) is 127 Å². The minimum Gasteiger partial charge on any atom is -0.465 e. The number of aromatic nitrogens is 3. The van der Waals surface area contributed by atoms with E-state index in [0.717, 1.165) is 5.52 Å². The van der Waals surface area contributed by atoms with Crippen molar-refractivity contribution in [3.8, 4) is 0 Å². The zero-order valence-electron chi connectivity index (χ0n) is 26.3. The Morgan fingerprint density at radius 1 is 1.17 bits per heavy atom. The highest BCUT2D eigenvalue weighted by Gasteiger charge is 2.80. The maximum atomic E-state index is 15.0. The number of esters is 1. The lowest BCUT2D eigenvalue weighted by molar-refractivity contribution is -0.164. The molecule has 0 saturated carbocycles. The van der Waals surface area contributed by atoms with Crippen molar-refractivity contribution in [1.29, 1.82) is 0 Å². The third-order valence-electron chi connectivity index (χ3n) is 10.1. The molecule has 242 valence electrons. The summed E-state index contributed by atoms with van der Waals surface area (Å²) in [5, 5.41) is 19.3. The van der Waals surface area contributed by atoms with Gasteiger partial charge in [0, 0.05) is 6.54 Å². The quantitative estimate of drug-likeness (QED) is 0.173. The molecule has 3 saturated heterocycles. The highest BCUT2D eigenvalue weighted by molar-refractivity contribution is 5.99. The summed E-state index contributed by atoms with van der Waals surface area (Å²) in [6.45, 7) is 11.4. The molecule has 3 aliphatic heterocycles. The minimum absolute atomic E-state index is 0.0430. The third-order valence-corrected chi connectivity index (χ3v) is 10.1. The van der Waals surface area contributed by atoms with Crippen molar-refractivity contribution in [2.75, 3.05) is 19.8 Å². The Morgan fingerprint density at radius 3 is 2.63 bits per heavy atom. The second kappa shape index (κ2) is 12.4. The molecule has 6 rings (SSSR count). The van der Waals surface area contributed by atoms with Gasteiger partial charge in [-0.1, -0.05) is 66.8 Å². The van der Waals surface area contributed by atoms with Crippen LogP contribution >= 0.6 is 0 Å². The minimum atomic E-state index is -1.32. The van der Waals surface area contributed by atoms with Crippen molar-refractivity contribution in [3.63, 3.8) is 0 Å². The number of nitrogens with zero attached hydrogens (tertiary/aromatic N) is 5. The molecule has 3 aromatic rings. The average Bonchev–Trinajstić information content (AvgIpc) is 3.73. The van der Waals surface area contributed by atoms with E-state index in [4.69, 9.17) is 9.47 Å². The number of aliphatic hydroxyl groups excluding tert-OH is 1. The van der Waals surface area contributed by atoms with Gasteiger partial charge in [-0.2, -0.15) is 0 Å². The first-order chi connectivity index (χ1) is 22.2. The number of rotatable bonds is 13. The van der Waals surface area contributed by atoms with Gasteiger partial charge in [0.15, 0.2) is 0 Å². The van der Waals surface area contributed by atoms with Crippen LogP contribution in [0.4, 0.5) is 0 Å². The highest BCUT2D eigenvalue weighted by atomic mass is 16.6. The summed E-state index contributed by atoms with van der Waals surface area (Å²) in [4.78, 5) is 46.6. The number of amides is 2. The van der Waals surface area contributed by atoms with Gasteiger partial charge in [0.25, 0.3) is 0 Å². The van der Waals surface area contributed by atoms with Gasteiger partial charge < -0.3 is 24.4 Å². The van der Waals surface area contributed by atoms with Crippen LogP contribution in [0.25, 0.3) is 11.0 Å². The van der Waals surface area contributed by atoms with Crippen LogP contribution in [0.3, 0.4) is 0 Å². The van der Waals surface area contributed by atoms with E-state index in [1.807, 2.05) is 68.4 Å². The van der Waals surface area contributed by atoms with Crippen molar-refractivity contribution >= 4 is 28.8 Å². The molecular weight excluding hydrogens is 586 g/mol. The van der Waals surface area contributed by atoms with E-state index >= 15 is 0 Å². The second-order valence-electron chi connectivity index (χ2n) is 12.7. The second-order valence-corrected chi connectivity index (χ2v) is 12.7. The fourth-order valence-electron chi connectivity index (χ4n) is 7.90. The summed E-state index contributed by atoms with van der Waals surface area (Å²) in [6, 6.07) is 14.6. The lowest BCUT2D eigenvalue weighted by Crippen LogP contribution is -2.57. The van der Waals surface area contributed by atoms with Gasteiger partial charge in [-0.05, 0) is 49.8 Å². The summed E-state index contributed by atoms with van der Waals surface area (Å²) in [5.41, 5.74) is -0.242. The first-order valence-corrected chi connectivity index (χ1v) is 15.9. The number of carbonyl (C=O) groups excluding carboxylic acids is 3. The molecule has 2 amide bonds. The van der Waals surface area contributed by atoms with Gasteiger partial charge in [-0.15, -0.1) is 18.3 Å². The normalized spacial score (nSPS) is 28.7. The summed E-state index contributed by atoms with van der Waals surface area (Å²) in [7, 11) is 0. The Hall–Kier alpha value is -4.35. The van der Waals surface area contributed by atoms with E-state index in [0.29, 0.717) is 30.3 Å². The smallest absolute Gasteiger partial charge is 0.312 e. The van der Waals surface area contributed by atoms with Crippen LogP contribution in [0.15, 0.2) is 79.9 Å². The molecule has 3 fully saturated rings. The molecule has 1 spiro atoms. The Morgan fingerprint density at radius 2 is 1.91 bits per heavy atom. The Balaban J connectivity index is 1.44. The molecule has 0 aliphatic carbocycles. The van der Waals surface area contributed by atoms with E-state index < -0.39 is 53.6 Å². The number of allylic oxidation sites excluding steroid dienone is 1. The molecule has 11 nitrogen and oxygen atoms in total. The Kier molecular flexibility index (Phi) is 8.56. The van der Waals surface area contributed by atoms with E-state index in [1.165, 1.54) is 4.90 Å². The van der Waals surface area contributed by atoms with Crippen molar-refractivity contribution in [3.05, 3.63) is 85.5 Å². The molecule has 4 heterocycles. The lowest BCUT2D eigenvalue weighted by atomic mass is 9.62. The molecule has 3 aliphatic rings. The summed E-state index contributed by atoms with van der Waals surface area (Å²) < 4.78 is 14.2. The van der Waals surface area contributed by atoms with Gasteiger partial charge in [0.2, 0.25) is 11.8 Å². The van der Waals surface area contributed by atoms with Crippen LogP contribution in [0, 0.1) is 17.8 Å². The van der Waals surface area contributed by atoms with Crippen LogP contribution in [0.1, 0.15) is 44.7 Å². The Bertz CT molecular complexity index is 1640. The molecule has 2 aromatic carbocycles. The van der Waals surface area contributed by atoms with Crippen LogP contribution in [-0.2, 0) is 30.5 Å². The molecule has 46 heavy (non-hydrogen) atoms. The summed E-state index contributed by atoms with van der Waals surface area (Å²) in [6.07, 6.45) is 5.06. The molecule has 7 atom stereocenters. The number of hydrogen-bond donors (Lipinski definition) is 1. The number of ether oxygens (including phenoxy) is 2. The van der Waals surface area contributed by atoms with E-state index in [-0.39, 0.29) is 31.6 Å². The molecule has 0 radical (unpaired) electrons. The van der Waals surface area contributed by atoms with E-state index in [9.17, 15) is 19.5 Å². The molecule has 1 aromatic heterocycles. The zero-order chi connectivity index (χ0) is 32.6. The average molecular weight is 628 g/mol. The van der Waals surface area contributed by atoms with Crippen LogP contribution < -0.4 is 0 Å². The van der Waals surface area contributed by atoms with E-state index in [1.54, 1.807) is 21.7 Å². The number of unbranched alkanes of at least 4 members (excludes halogenated alkanes) is 1. The molecule has 1 N–H and O–H groups in total. The van der Waals surface area contributed by atoms with Crippen LogP contribution in [0.5, 0.6) is 0 Å². The fraction of sp³-hybridized carbons (Fsp3) is 0.457. The maximum Gasteiger partial charge on any atom is 0.312 e. The number of hydrogen-bond acceptors (Lipinski definition) is 8. The SMILES string of the molecule is C=CCCCOC(=O)[C@H]1[C@H]2C(=O)N([C@H](CO)c3ccccc3)C(C(=O)N(CC=C)Cn3nnc4ccccc43)C23CC(C)[C@]1(C)O3. The fourth-order valence-corrected chi connectivity index (χ4v) is 7.90. The number of carbonyl (C=O) groups is 3. The first kappa shape index (κ1) is 31.6. The van der Waals surface area contributed by atoms with Gasteiger partial charge in [-0.3, -0.25) is 14.4 Å². The molecule has 2 bridgehead atoms. The third kappa shape index (κ3) is 4.93. The number of fused-ring (bicyclic) bond motifs is 2. The van der Waals surface area contributed by atoms with Crippen molar-refractivity contribution in [2.24, 2.45) is 17.8 Å². The van der Waals surface area contributed by atoms with Gasteiger partial charge >= 0.3 is 5.97 Å². The lowest BCUT2D eigenvalue weighted by Gasteiger charge is -2.39. The zero-order valence-corrected chi connectivity index (χ0v) is 26.3. The standard InChI is InChI=1S/C35H41N5O6/c1-5-7-13-19-45-33(44)29-28-31(42)40(27(21-41)24-14-9-8-10-15-24)30(35(28)20-23(3)34(29,4)46-35)32(43)38(18-6-2)22-39-26-17-12-11-16-25(26)36-37-39/h5-6,8-12,14-17,23,27-30,41H,1-2,7,13,18-22H2,3-4H3/t23?,27-,28+,29-,30?,34+,35?/m1/s1. The number of likely N-dealkylation sites (tertiary alicyclic amines) is 1. The monoisotopic (exact) mass is 627 g/mol. The first-order valence-electron chi connectivity index (χ1n) is 15.9. The molecule has 11 heteroatoms.